The van der Waals surface area contributed by atoms with Crippen LogP contribution in [0.5, 0.6) is 0 Å². The number of rotatable bonds is 4. The number of amides is 2. The van der Waals surface area contributed by atoms with E-state index in [4.69, 9.17) is 16.3 Å². The van der Waals surface area contributed by atoms with E-state index in [-0.39, 0.29) is 30.7 Å². The molecule has 0 bridgehead atoms. The minimum absolute atomic E-state index is 0.0929. The molecule has 1 heterocycles. The third-order valence-corrected chi connectivity index (χ3v) is 3.79. The molecule has 0 saturated carbocycles. The van der Waals surface area contributed by atoms with Crippen molar-refractivity contribution in [2.24, 2.45) is 0 Å². The lowest BCUT2D eigenvalue weighted by Crippen LogP contribution is -2.44. The average molecular weight is 329 g/mol. The van der Waals surface area contributed by atoms with Crippen molar-refractivity contribution < 1.29 is 18.7 Å². The van der Waals surface area contributed by atoms with Crippen molar-refractivity contribution in [3.8, 4) is 0 Å². The summed E-state index contributed by atoms with van der Waals surface area (Å²) in [5, 5.41) is 0.318. The Balaban J connectivity index is 2.18. The first kappa shape index (κ1) is 16.7. The maximum Gasteiger partial charge on any atom is 0.248 e. The molecule has 0 radical (unpaired) electrons. The van der Waals surface area contributed by atoms with Crippen molar-refractivity contribution in [1.82, 2.24) is 4.90 Å². The molecular weight excluding hydrogens is 311 g/mol. The van der Waals surface area contributed by atoms with E-state index in [1.807, 2.05) is 0 Å². The Morgan fingerprint density at radius 3 is 2.86 bits per heavy atom. The van der Waals surface area contributed by atoms with Crippen LogP contribution >= 0.6 is 11.6 Å². The van der Waals surface area contributed by atoms with Crippen LogP contribution in [0.3, 0.4) is 0 Å². The summed E-state index contributed by atoms with van der Waals surface area (Å²) in [6.45, 7) is 0.213. The molecule has 2 rings (SSSR count). The van der Waals surface area contributed by atoms with Gasteiger partial charge in [-0.2, -0.15) is 0 Å². The second-order valence-electron chi connectivity index (χ2n) is 5.23. The zero-order valence-electron chi connectivity index (χ0n) is 12.6. The Morgan fingerprint density at radius 1 is 1.45 bits per heavy atom. The molecule has 0 N–H and O–H groups in total. The molecule has 0 spiro atoms. The average Bonchev–Trinajstić information content (AvgIpc) is 2.46. The summed E-state index contributed by atoms with van der Waals surface area (Å²) in [7, 11) is 2.93. The Morgan fingerprint density at radius 2 is 2.18 bits per heavy atom. The normalized spacial score (nSPS) is 13.7. The van der Waals surface area contributed by atoms with Crippen LogP contribution < -0.4 is 4.90 Å². The number of aryl methyl sites for hydroxylation is 1. The monoisotopic (exact) mass is 328 g/mol. The number of benzene rings is 1. The fourth-order valence-corrected chi connectivity index (χ4v) is 2.74. The molecule has 7 heteroatoms. The first-order chi connectivity index (χ1) is 10.4. The molecule has 0 fully saturated rings. The number of carbonyl (C=O) groups excluding carboxylic acids is 2. The van der Waals surface area contributed by atoms with Gasteiger partial charge in [0.2, 0.25) is 11.8 Å². The van der Waals surface area contributed by atoms with E-state index in [1.54, 1.807) is 6.07 Å². The quantitative estimate of drug-likeness (QED) is 0.847. The number of anilines is 1. The summed E-state index contributed by atoms with van der Waals surface area (Å²) in [6.07, 6.45) is 1.41. The summed E-state index contributed by atoms with van der Waals surface area (Å²) in [5.41, 5.74) is 0.990. The summed E-state index contributed by atoms with van der Waals surface area (Å²) in [5.74, 6) is -1.14. The molecule has 5 nitrogen and oxygen atoms in total. The molecule has 1 aliphatic heterocycles. The summed E-state index contributed by atoms with van der Waals surface area (Å²) in [4.78, 5) is 26.7. The van der Waals surface area contributed by atoms with Crippen molar-refractivity contribution in [3.05, 3.63) is 28.5 Å². The number of carbonyl (C=O) groups is 2. The largest absolute Gasteiger partial charge is 0.375 e. The van der Waals surface area contributed by atoms with Crippen LogP contribution in [-0.2, 0) is 20.7 Å². The van der Waals surface area contributed by atoms with E-state index >= 15 is 0 Å². The second-order valence-corrected chi connectivity index (χ2v) is 5.66. The summed E-state index contributed by atoms with van der Waals surface area (Å²) in [6, 6.07) is 2.88. The van der Waals surface area contributed by atoms with Crippen LogP contribution in [0.4, 0.5) is 10.1 Å². The van der Waals surface area contributed by atoms with Gasteiger partial charge in [0.1, 0.15) is 12.4 Å². The third kappa shape index (κ3) is 3.56. The Hall–Kier alpha value is -1.66. The lowest BCUT2D eigenvalue weighted by molar-refractivity contribution is -0.137. The van der Waals surface area contributed by atoms with Gasteiger partial charge in [-0.3, -0.25) is 9.59 Å². The Labute approximate surface area is 133 Å². The van der Waals surface area contributed by atoms with Crippen molar-refractivity contribution in [2.75, 3.05) is 38.8 Å². The van der Waals surface area contributed by atoms with E-state index in [0.717, 1.165) is 12.0 Å². The molecule has 0 aliphatic carbocycles. The molecule has 1 aliphatic rings. The predicted molar refractivity (Wildman–Crippen MR) is 81.6 cm³/mol. The van der Waals surface area contributed by atoms with Crippen LogP contribution in [-0.4, -0.2) is 50.6 Å². The number of ether oxygens (including phenoxy) is 1. The minimum Gasteiger partial charge on any atom is -0.375 e. The number of fused-ring (bicyclic) bond motifs is 1. The standard InChI is InChI=1S/C15H18ClFN2O3/c1-18(14(21)9-22-2)8-13(20)19-5-3-4-10-6-11(16)7-12(17)15(10)19/h6-7H,3-5,8-9H2,1-2H3. The number of halogens is 2. The highest BCUT2D eigenvalue weighted by Crippen LogP contribution is 2.32. The number of nitrogens with zero attached hydrogens (tertiary/aromatic N) is 2. The third-order valence-electron chi connectivity index (χ3n) is 3.57. The zero-order valence-corrected chi connectivity index (χ0v) is 13.3. The van der Waals surface area contributed by atoms with Crippen molar-refractivity contribution in [1.29, 1.82) is 0 Å². The van der Waals surface area contributed by atoms with Gasteiger partial charge in [-0.25, -0.2) is 4.39 Å². The van der Waals surface area contributed by atoms with Gasteiger partial charge < -0.3 is 14.5 Å². The van der Waals surface area contributed by atoms with Gasteiger partial charge in [0.15, 0.2) is 0 Å². The van der Waals surface area contributed by atoms with Crippen molar-refractivity contribution in [3.63, 3.8) is 0 Å². The van der Waals surface area contributed by atoms with Crippen molar-refractivity contribution in [2.45, 2.75) is 12.8 Å². The molecule has 0 aromatic heterocycles. The topological polar surface area (TPSA) is 49.9 Å². The highest BCUT2D eigenvalue weighted by atomic mass is 35.5. The Bertz CT molecular complexity index is 594. The van der Waals surface area contributed by atoms with Crippen LogP contribution in [0, 0.1) is 5.82 Å². The smallest absolute Gasteiger partial charge is 0.248 e. The number of hydrogen-bond donors (Lipinski definition) is 0. The SMILES string of the molecule is COCC(=O)N(C)CC(=O)N1CCCc2cc(Cl)cc(F)c21. The van der Waals surface area contributed by atoms with E-state index in [0.29, 0.717) is 18.0 Å². The fourth-order valence-electron chi connectivity index (χ4n) is 2.51. The second kappa shape index (κ2) is 7.07. The molecule has 22 heavy (non-hydrogen) atoms. The lowest BCUT2D eigenvalue weighted by atomic mass is 10.0. The molecule has 0 atom stereocenters. The maximum absolute atomic E-state index is 14.2. The summed E-state index contributed by atoms with van der Waals surface area (Å²) < 4.78 is 18.9. The molecule has 2 amide bonds. The van der Waals surface area contributed by atoms with E-state index in [1.165, 1.54) is 30.0 Å². The van der Waals surface area contributed by atoms with Gasteiger partial charge in [0.25, 0.3) is 0 Å². The van der Waals surface area contributed by atoms with Gasteiger partial charge in [-0.05, 0) is 30.5 Å². The van der Waals surface area contributed by atoms with Gasteiger partial charge in [-0.15, -0.1) is 0 Å². The van der Waals surface area contributed by atoms with Crippen LogP contribution in [0.1, 0.15) is 12.0 Å². The summed E-state index contributed by atoms with van der Waals surface area (Å²) >= 11 is 5.86. The van der Waals surface area contributed by atoms with Gasteiger partial charge in [-0.1, -0.05) is 11.6 Å². The highest BCUT2D eigenvalue weighted by Gasteiger charge is 2.27. The number of methoxy groups -OCH3 is 1. The van der Waals surface area contributed by atoms with Crippen LogP contribution in [0.2, 0.25) is 5.02 Å². The maximum atomic E-state index is 14.2. The van der Waals surface area contributed by atoms with Crippen molar-refractivity contribution >= 4 is 29.1 Å². The first-order valence-electron chi connectivity index (χ1n) is 6.95. The highest BCUT2D eigenvalue weighted by molar-refractivity contribution is 6.30. The van der Waals surface area contributed by atoms with Crippen LogP contribution in [0.25, 0.3) is 0 Å². The van der Waals surface area contributed by atoms with E-state index in [9.17, 15) is 14.0 Å². The molecule has 0 unspecified atom stereocenters. The molecule has 1 aromatic carbocycles. The number of hydrogen-bond acceptors (Lipinski definition) is 3. The zero-order chi connectivity index (χ0) is 16.3. The van der Waals surface area contributed by atoms with Gasteiger partial charge >= 0.3 is 0 Å². The van der Waals surface area contributed by atoms with Gasteiger partial charge in [0.05, 0.1) is 12.2 Å². The lowest BCUT2D eigenvalue weighted by Gasteiger charge is -2.31. The Kier molecular flexibility index (Phi) is 5.37. The predicted octanol–water partition coefficient (Wildman–Crippen LogP) is 1.86. The molecule has 0 saturated heterocycles. The van der Waals surface area contributed by atoms with Gasteiger partial charge in [0, 0.05) is 25.7 Å². The molecule has 120 valence electrons. The first-order valence-corrected chi connectivity index (χ1v) is 7.33. The van der Waals surface area contributed by atoms with E-state index in [2.05, 4.69) is 0 Å². The fraction of sp³-hybridized carbons (Fsp3) is 0.467. The van der Waals surface area contributed by atoms with E-state index < -0.39 is 5.82 Å². The van der Waals surface area contributed by atoms with Crippen LogP contribution in [0.15, 0.2) is 12.1 Å². The minimum atomic E-state index is -0.513. The number of likely N-dealkylation sites (N-methyl/N-ethyl adjacent to an activating group) is 1. The molecule has 1 aromatic rings. The molecular formula is C15H18ClFN2O3.